The number of alkyl halides is 3. The number of phenols is 1. The van der Waals surface area contributed by atoms with Gasteiger partial charge in [-0.25, -0.2) is 0 Å². The summed E-state index contributed by atoms with van der Waals surface area (Å²) < 4.78 is 39.3. The van der Waals surface area contributed by atoms with Crippen molar-refractivity contribution < 1.29 is 33.0 Å². The number of carbonyl (C=O) groups excluding carboxylic acids is 2. The molecule has 33 heavy (non-hydrogen) atoms. The number of aromatic nitrogens is 1. The first-order valence-electron chi connectivity index (χ1n) is 10.6. The molecular formula is C24H27F3N2O4. The molecule has 1 aromatic carbocycles. The van der Waals surface area contributed by atoms with Crippen LogP contribution >= 0.6 is 0 Å². The molecule has 1 aliphatic rings. The van der Waals surface area contributed by atoms with Crippen molar-refractivity contribution in [3.05, 3.63) is 58.4 Å². The van der Waals surface area contributed by atoms with Crippen molar-refractivity contribution in [2.45, 2.75) is 63.6 Å². The second kappa shape index (κ2) is 8.78. The zero-order chi connectivity index (χ0) is 24.6. The predicted octanol–water partition coefficient (Wildman–Crippen LogP) is 3.54. The molecule has 1 aromatic heterocycles. The van der Waals surface area contributed by atoms with Crippen LogP contribution in [0.1, 0.15) is 59.4 Å². The monoisotopic (exact) mass is 464 g/mol. The number of ketones is 1. The Morgan fingerprint density at radius 3 is 2.39 bits per heavy atom. The summed E-state index contributed by atoms with van der Waals surface area (Å²) in [6.45, 7) is 5.25. The molecule has 0 aliphatic heterocycles. The van der Waals surface area contributed by atoms with E-state index in [9.17, 15) is 33.0 Å². The van der Waals surface area contributed by atoms with E-state index < -0.39 is 23.0 Å². The van der Waals surface area contributed by atoms with E-state index in [1.54, 1.807) is 19.9 Å². The molecule has 178 valence electrons. The van der Waals surface area contributed by atoms with Crippen LogP contribution in [-0.2, 0) is 23.1 Å². The summed E-state index contributed by atoms with van der Waals surface area (Å²) in [6, 6.07) is 6.11. The van der Waals surface area contributed by atoms with Crippen LogP contribution in [0.25, 0.3) is 0 Å². The third-order valence-corrected chi connectivity index (χ3v) is 6.07. The van der Waals surface area contributed by atoms with Crippen LogP contribution in [0.3, 0.4) is 0 Å². The topological polar surface area (TPSA) is 99.5 Å². The van der Waals surface area contributed by atoms with E-state index in [1.165, 1.54) is 24.4 Å². The summed E-state index contributed by atoms with van der Waals surface area (Å²) in [7, 11) is 0. The van der Waals surface area contributed by atoms with Crippen molar-refractivity contribution >= 4 is 11.7 Å². The lowest BCUT2D eigenvalue weighted by atomic mass is 9.82. The molecule has 0 unspecified atom stereocenters. The number of benzene rings is 1. The Balaban J connectivity index is 1.69. The first-order valence-corrected chi connectivity index (χ1v) is 10.6. The van der Waals surface area contributed by atoms with E-state index in [-0.39, 0.29) is 49.5 Å². The minimum absolute atomic E-state index is 0.0102. The smallest absolute Gasteiger partial charge is 0.411 e. The summed E-state index contributed by atoms with van der Waals surface area (Å²) in [6.07, 6.45) is -3.59. The average Bonchev–Trinajstić information content (AvgIpc) is 3.51. The summed E-state index contributed by atoms with van der Waals surface area (Å²) in [5.74, 6) is -1.14. The molecule has 3 rings (SSSR count). The van der Waals surface area contributed by atoms with Crippen molar-refractivity contribution in [3.8, 4) is 5.75 Å². The number of nitrogens with one attached hydrogen (secondary N) is 1. The number of rotatable bonds is 8. The van der Waals surface area contributed by atoms with Crippen molar-refractivity contribution in [1.29, 1.82) is 0 Å². The van der Waals surface area contributed by atoms with Gasteiger partial charge in [0.05, 0.1) is 6.61 Å². The summed E-state index contributed by atoms with van der Waals surface area (Å²) in [4.78, 5) is 28.8. The van der Waals surface area contributed by atoms with E-state index in [0.29, 0.717) is 16.7 Å². The Hall–Kier alpha value is -2.94. The quantitative estimate of drug-likeness (QED) is 0.555. The average molecular weight is 464 g/mol. The highest BCUT2D eigenvalue weighted by Crippen LogP contribution is 2.49. The lowest BCUT2D eigenvalue weighted by Crippen LogP contribution is -2.48. The molecule has 0 radical (unpaired) electrons. The van der Waals surface area contributed by atoms with Gasteiger partial charge in [0.1, 0.15) is 22.8 Å². The van der Waals surface area contributed by atoms with Gasteiger partial charge in [0, 0.05) is 30.0 Å². The Bertz CT molecular complexity index is 1080. The lowest BCUT2D eigenvalue weighted by molar-refractivity contribution is -0.163. The molecule has 1 saturated carbocycles. The van der Waals surface area contributed by atoms with Crippen molar-refractivity contribution in [2.75, 3.05) is 6.61 Å². The van der Waals surface area contributed by atoms with Crippen molar-refractivity contribution in [3.63, 3.8) is 0 Å². The molecule has 1 fully saturated rings. The minimum atomic E-state index is -4.53. The van der Waals surface area contributed by atoms with Gasteiger partial charge in [0.15, 0.2) is 0 Å². The van der Waals surface area contributed by atoms with Crippen LogP contribution < -0.4 is 5.32 Å². The first kappa shape index (κ1) is 24.7. The number of aromatic hydroxyl groups is 1. The molecule has 1 amide bonds. The number of aryl methyl sites for hydroxylation is 1. The number of aliphatic hydroxyl groups is 1. The number of pyridine rings is 1. The van der Waals surface area contributed by atoms with Crippen LogP contribution in [0.4, 0.5) is 13.2 Å². The predicted molar refractivity (Wildman–Crippen MR) is 115 cm³/mol. The maximum absolute atomic E-state index is 13.1. The van der Waals surface area contributed by atoms with Gasteiger partial charge >= 0.3 is 6.18 Å². The standard InChI is InChI=1S/C24H27F3N2O4/c1-14-8-18(22(2,3)13-30)20(32)12-16(14)11-17(31)9-15-4-7-28-19(10-15)21(33)29-23(5-6-23)24(25,26)27/h4,7-8,10,12,30,32H,5-6,9,11,13H2,1-3H3,(H,29,33). The second-order valence-electron chi connectivity index (χ2n) is 9.31. The van der Waals surface area contributed by atoms with Gasteiger partial charge in [-0.05, 0) is 54.7 Å². The van der Waals surface area contributed by atoms with Gasteiger partial charge < -0.3 is 15.5 Å². The fraction of sp³-hybridized carbons (Fsp3) is 0.458. The normalized spacial score (nSPS) is 15.2. The van der Waals surface area contributed by atoms with Crippen LogP contribution in [-0.4, -0.2) is 45.2 Å². The van der Waals surface area contributed by atoms with Crippen molar-refractivity contribution in [1.82, 2.24) is 10.3 Å². The maximum atomic E-state index is 13.1. The number of carbonyl (C=O) groups is 2. The highest BCUT2D eigenvalue weighted by Gasteiger charge is 2.64. The van der Waals surface area contributed by atoms with Gasteiger partial charge in [-0.3, -0.25) is 14.6 Å². The molecule has 0 saturated heterocycles. The molecule has 2 aromatic rings. The number of hydrogen-bond acceptors (Lipinski definition) is 5. The van der Waals surface area contributed by atoms with Crippen LogP contribution in [0.2, 0.25) is 0 Å². The molecule has 0 atom stereocenters. The molecule has 0 bridgehead atoms. The highest BCUT2D eigenvalue weighted by molar-refractivity contribution is 5.93. The summed E-state index contributed by atoms with van der Waals surface area (Å²) in [5, 5.41) is 22.0. The van der Waals surface area contributed by atoms with E-state index >= 15 is 0 Å². The number of amides is 1. The van der Waals surface area contributed by atoms with E-state index in [1.807, 2.05) is 12.2 Å². The zero-order valence-electron chi connectivity index (χ0n) is 18.7. The fourth-order valence-electron chi connectivity index (χ4n) is 3.65. The van der Waals surface area contributed by atoms with Gasteiger partial charge in [0.25, 0.3) is 5.91 Å². The van der Waals surface area contributed by atoms with Gasteiger partial charge in [-0.15, -0.1) is 0 Å². The molecule has 6 nitrogen and oxygen atoms in total. The van der Waals surface area contributed by atoms with Gasteiger partial charge in [-0.1, -0.05) is 19.9 Å². The zero-order valence-corrected chi connectivity index (χ0v) is 18.7. The highest BCUT2D eigenvalue weighted by atomic mass is 19.4. The van der Waals surface area contributed by atoms with Gasteiger partial charge in [-0.2, -0.15) is 13.2 Å². The minimum Gasteiger partial charge on any atom is -0.508 e. The van der Waals surface area contributed by atoms with E-state index in [0.717, 1.165) is 5.56 Å². The Morgan fingerprint density at radius 2 is 1.82 bits per heavy atom. The number of hydrogen-bond donors (Lipinski definition) is 3. The third kappa shape index (κ3) is 5.35. The number of aliphatic hydroxyl groups excluding tert-OH is 1. The Labute approximate surface area is 189 Å². The summed E-state index contributed by atoms with van der Waals surface area (Å²) >= 11 is 0. The molecule has 1 aliphatic carbocycles. The largest absolute Gasteiger partial charge is 0.508 e. The van der Waals surface area contributed by atoms with Crippen LogP contribution in [0, 0.1) is 6.92 Å². The summed E-state index contributed by atoms with van der Waals surface area (Å²) in [5.41, 5.74) is -0.560. The number of nitrogens with zero attached hydrogens (tertiary/aromatic N) is 1. The number of phenolic OH excluding ortho intramolecular Hbond substituents is 1. The molecular weight excluding hydrogens is 437 g/mol. The Morgan fingerprint density at radius 1 is 1.15 bits per heavy atom. The van der Waals surface area contributed by atoms with Crippen LogP contribution in [0.5, 0.6) is 5.75 Å². The molecule has 1 heterocycles. The number of Topliss-reactive ketones (excluding diaryl/α,β-unsaturated/α-hetero) is 1. The van der Waals surface area contributed by atoms with Gasteiger partial charge in [0.2, 0.25) is 0 Å². The SMILES string of the molecule is Cc1cc(C(C)(C)CO)c(O)cc1CC(=O)Cc1ccnc(C(=O)NC2(C(F)(F)F)CC2)c1. The fourth-order valence-corrected chi connectivity index (χ4v) is 3.65. The third-order valence-electron chi connectivity index (χ3n) is 6.07. The van der Waals surface area contributed by atoms with Crippen LogP contribution in [0.15, 0.2) is 30.5 Å². The van der Waals surface area contributed by atoms with Crippen molar-refractivity contribution in [2.24, 2.45) is 0 Å². The first-order chi connectivity index (χ1) is 15.3. The second-order valence-corrected chi connectivity index (χ2v) is 9.31. The van der Waals surface area contributed by atoms with E-state index in [2.05, 4.69) is 4.98 Å². The number of halogens is 3. The lowest BCUT2D eigenvalue weighted by Gasteiger charge is -2.24. The Kier molecular flexibility index (Phi) is 6.57. The maximum Gasteiger partial charge on any atom is 0.411 e. The molecule has 9 heteroatoms. The molecule has 0 spiro atoms. The molecule has 3 N–H and O–H groups in total. The van der Waals surface area contributed by atoms with E-state index in [4.69, 9.17) is 0 Å².